The molecule has 0 aromatic heterocycles. The average Bonchev–Trinajstić information content (AvgIpc) is 2.43. The van der Waals surface area contributed by atoms with Crippen molar-refractivity contribution in [2.24, 2.45) is 0 Å². The van der Waals surface area contributed by atoms with E-state index in [2.05, 4.69) is 64.2 Å². The Labute approximate surface area is 118 Å². The molecular weight excluding hydrogens is 234 g/mol. The summed E-state index contributed by atoms with van der Waals surface area (Å²) in [6.07, 6.45) is 1.03. The second-order valence-electron chi connectivity index (χ2n) is 5.85. The number of hydrogen-bond donors (Lipinski definition) is 1. The molecule has 1 N–H and O–H groups in total. The number of likely N-dealkylation sites (N-methyl/N-ethyl adjacent to an activating group) is 1. The first-order valence-electron chi connectivity index (χ1n) is 7.42. The zero-order valence-electron chi connectivity index (χ0n) is 13.1. The van der Waals surface area contributed by atoms with Gasteiger partial charge in [-0.3, -0.25) is 0 Å². The molecule has 1 aromatic rings. The molecule has 0 heterocycles. The quantitative estimate of drug-likeness (QED) is 0.762. The Morgan fingerprint density at radius 1 is 1.16 bits per heavy atom. The zero-order chi connectivity index (χ0) is 14.3. The van der Waals surface area contributed by atoms with E-state index in [0.29, 0.717) is 12.5 Å². The molecule has 0 saturated heterocycles. The van der Waals surface area contributed by atoms with Gasteiger partial charge >= 0.3 is 0 Å². The minimum Gasteiger partial charge on any atom is -0.371 e. The third-order valence-corrected chi connectivity index (χ3v) is 3.73. The maximum Gasteiger partial charge on any atom is 0.0724 e. The van der Waals surface area contributed by atoms with Gasteiger partial charge in [0, 0.05) is 6.54 Å². The molecule has 0 radical (unpaired) electrons. The van der Waals surface area contributed by atoms with Crippen LogP contribution < -0.4 is 5.32 Å². The van der Waals surface area contributed by atoms with E-state index in [9.17, 15) is 0 Å². The minimum absolute atomic E-state index is 0.0307. The third kappa shape index (κ3) is 5.75. The molecule has 0 aliphatic heterocycles. The molecule has 0 aliphatic carbocycles. The van der Waals surface area contributed by atoms with Crippen molar-refractivity contribution in [3.63, 3.8) is 0 Å². The van der Waals surface area contributed by atoms with Gasteiger partial charge in [0.15, 0.2) is 0 Å². The molecule has 0 amide bonds. The molecular formula is C17H29NO. The van der Waals surface area contributed by atoms with Crippen LogP contribution in [0.4, 0.5) is 0 Å². The van der Waals surface area contributed by atoms with E-state index in [1.807, 2.05) is 0 Å². The highest BCUT2D eigenvalue weighted by molar-refractivity contribution is 5.25. The highest BCUT2D eigenvalue weighted by Crippen LogP contribution is 2.19. The SMILES string of the molecule is CCNCC(C)c1ccc(COC(C)(C)CC)cc1. The average molecular weight is 263 g/mol. The smallest absolute Gasteiger partial charge is 0.0724 e. The van der Waals surface area contributed by atoms with Crippen molar-refractivity contribution in [3.05, 3.63) is 35.4 Å². The number of benzene rings is 1. The lowest BCUT2D eigenvalue weighted by molar-refractivity contribution is -0.0316. The topological polar surface area (TPSA) is 21.3 Å². The van der Waals surface area contributed by atoms with Crippen LogP contribution in [0.5, 0.6) is 0 Å². The fraction of sp³-hybridized carbons (Fsp3) is 0.647. The first-order chi connectivity index (χ1) is 8.98. The molecule has 1 rings (SSSR count). The predicted octanol–water partition coefficient (Wildman–Crippen LogP) is 4.10. The van der Waals surface area contributed by atoms with Crippen LogP contribution in [0.3, 0.4) is 0 Å². The second kappa shape index (κ2) is 7.66. The van der Waals surface area contributed by atoms with Crippen LogP contribution in [0.2, 0.25) is 0 Å². The van der Waals surface area contributed by atoms with E-state index in [1.165, 1.54) is 11.1 Å². The molecule has 1 atom stereocenters. The number of rotatable bonds is 8. The first kappa shape index (κ1) is 16.2. The zero-order valence-corrected chi connectivity index (χ0v) is 13.1. The van der Waals surface area contributed by atoms with Crippen molar-refractivity contribution in [2.75, 3.05) is 13.1 Å². The molecule has 0 fully saturated rings. The van der Waals surface area contributed by atoms with E-state index in [4.69, 9.17) is 4.74 Å². The second-order valence-corrected chi connectivity index (χ2v) is 5.85. The molecule has 108 valence electrons. The van der Waals surface area contributed by atoms with Gasteiger partial charge < -0.3 is 10.1 Å². The molecule has 0 spiro atoms. The van der Waals surface area contributed by atoms with Gasteiger partial charge in [-0.2, -0.15) is 0 Å². The van der Waals surface area contributed by atoms with Crippen molar-refractivity contribution in [1.29, 1.82) is 0 Å². The summed E-state index contributed by atoms with van der Waals surface area (Å²) < 4.78 is 5.92. The molecule has 0 saturated carbocycles. The van der Waals surface area contributed by atoms with Crippen molar-refractivity contribution in [1.82, 2.24) is 5.32 Å². The van der Waals surface area contributed by atoms with Crippen LogP contribution in [-0.4, -0.2) is 18.7 Å². The molecule has 0 aliphatic rings. The highest BCUT2D eigenvalue weighted by atomic mass is 16.5. The summed E-state index contributed by atoms with van der Waals surface area (Å²) >= 11 is 0. The number of nitrogens with one attached hydrogen (secondary N) is 1. The van der Waals surface area contributed by atoms with Crippen molar-refractivity contribution < 1.29 is 4.74 Å². The third-order valence-electron chi connectivity index (χ3n) is 3.73. The lowest BCUT2D eigenvalue weighted by Crippen LogP contribution is -2.22. The van der Waals surface area contributed by atoms with Gasteiger partial charge in [0.25, 0.3) is 0 Å². The van der Waals surface area contributed by atoms with Crippen LogP contribution in [0.15, 0.2) is 24.3 Å². The van der Waals surface area contributed by atoms with Crippen LogP contribution in [0, 0.1) is 0 Å². The van der Waals surface area contributed by atoms with Gasteiger partial charge in [-0.1, -0.05) is 45.0 Å². The van der Waals surface area contributed by atoms with E-state index < -0.39 is 0 Å². The summed E-state index contributed by atoms with van der Waals surface area (Å²) in [6, 6.07) is 8.81. The maximum atomic E-state index is 5.92. The Bertz CT molecular complexity index is 356. The Hall–Kier alpha value is -0.860. The Morgan fingerprint density at radius 3 is 2.32 bits per heavy atom. The molecule has 2 nitrogen and oxygen atoms in total. The lowest BCUT2D eigenvalue weighted by atomic mass is 10.00. The highest BCUT2D eigenvalue weighted by Gasteiger charge is 2.15. The maximum absolute atomic E-state index is 5.92. The van der Waals surface area contributed by atoms with Gasteiger partial charge in [0.2, 0.25) is 0 Å². The Kier molecular flexibility index (Phi) is 6.53. The summed E-state index contributed by atoms with van der Waals surface area (Å²) in [7, 11) is 0. The molecule has 19 heavy (non-hydrogen) atoms. The summed E-state index contributed by atoms with van der Waals surface area (Å²) in [6.45, 7) is 13.6. The largest absolute Gasteiger partial charge is 0.371 e. The van der Waals surface area contributed by atoms with Crippen LogP contribution in [0.25, 0.3) is 0 Å². The number of hydrogen-bond acceptors (Lipinski definition) is 2. The molecule has 1 aromatic carbocycles. The number of ether oxygens (including phenoxy) is 1. The predicted molar refractivity (Wildman–Crippen MR) is 82.6 cm³/mol. The first-order valence-corrected chi connectivity index (χ1v) is 7.42. The van der Waals surface area contributed by atoms with E-state index >= 15 is 0 Å². The summed E-state index contributed by atoms with van der Waals surface area (Å²) in [5.74, 6) is 0.557. The van der Waals surface area contributed by atoms with Gasteiger partial charge in [0.1, 0.15) is 0 Å². The van der Waals surface area contributed by atoms with Gasteiger partial charge in [-0.25, -0.2) is 0 Å². The molecule has 0 bridgehead atoms. The van der Waals surface area contributed by atoms with Crippen LogP contribution in [-0.2, 0) is 11.3 Å². The van der Waals surface area contributed by atoms with Gasteiger partial charge in [-0.05, 0) is 43.9 Å². The van der Waals surface area contributed by atoms with Gasteiger partial charge in [0.05, 0.1) is 12.2 Å². The fourth-order valence-electron chi connectivity index (χ4n) is 1.80. The lowest BCUT2D eigenvalue weighted by Gasteiger charge is -2.23. The van der Waals surface area contributed by atoms with E-state index in [-0.39, 0.29) is 5.60 Å². The monoisotopic (exact) mass is 263 g/mol. The van der Waals surface area contributed by atoms with Crippen LogP contribution >= 0.6 is 0 Å². The summed E-state index contributed by atoms with van der Waals surface area (Å²) in [5.41, 5.74) is 2.61. The Balaban J connectivity index is 2.52. The fourth-order valence-corrected chi connectivity index (χ4v) is 1.80. The normalized spacial score (nSPS) is 13.5. The van der Waals surface area contributed by atoms with E-state index in [0.717, 1.165) is 19.5 Å². The van der Waals surface area contributed by atoms with Crippen molar-refractivity contribution >= 4 is 0 Å². The molecule has 1 unspecified atom stereocenters. The molecule has 2 heteroatoms. The van der Waals surface area contributed by atoms with Crippen LogP contribution in [0.1, 0.15) is 58.1 Å². The standard InChI is InChI=1S/C17H29NO/c1-6-17(4,5)19-13-15-8-10-16(11-9-15)14(3)12-18-7-2/h8-11,14,18H,6-7,12-13H2,1-5H3. The van der Waals surface area contributed by atoms with Crippen molar-refractivity contribution in [2.45, 2.75) is 59.2 Å². The Morgan fingerprint density at radius 2 is 1.79 bits per heavy atom. The van der Waals surface area contributed by atoms with Gasteiger partial charge in [-0.15, -0.1) is 0 Å². The summed E-state index contributed by atoms with van der Waals surface area (Å²) in [5, 5.41) is 3.39. The van der Waals surface area contributed by atoms with Crippen molar-refractivity contribution in [3.8, 4) is 0 Å². The minimum atomic E-state index is -0.0307. The summed E-state index contributed by atoms with van der Waals surface area (Å²) in [4.78, 5) is 0. The van der Waals surface area contributed by atoms with E-state index in [1.54, 1.807) is 0 Å².